The van der Waals surface area contributed by atoms with Gasteiger partial charge >= 0.3 is 0 Å². The molecule has 5 heteroatoms. The molecule has 1 aromatic rings. The van der Waals surface area contributed by atoms with Crippen molar-refractivity contribution in [3.05, 3.63) is 22.3 Å². The van der Waals surface area contributed by atoms with Gasteiger partial charge in [-0.1, -0.05) is 0 Å². The first kappa shape index (κ1) is 15.9. The number of rotatable bonds is 2. The first-order chi connectivity index (χ1) is 11.1. The molecule has 0 saturated carbocycles. The quantitative estimate of drug-likeness (QED) is 0.788. The van der Waals surface area contributed by atoms with E-state index >= 15 is 0 Å². The van der Waals surface area contributed by atoms with Gasteiger partial charge in [0.15, 0.2) is 0 Å². The van der Waals surface area contributed by atoms with Crippen LogP contribution in [0.5, 0.6) is 0 Å². The predicted molar refractivity (Wildman–Crippen MR) is 98.1 cm³/mol. The summed E-state index contributed by atoms with van der Waals surface area (Å²) in [6.45, 7) is 6.65. The largest absolute Gasteiger partial charge is 0.354 e. The van der Waals surface area contributed by atoms with Gasteiger partial charge in [-0.3, -0.25) is 4.90 Å². The lowest BCUT2D eigenvalue weighted by atomic mass is 9.96. The van der Waals surface area contributed by atoms with Crippen molar-refractivity contribution in [2.75, 3.05) is 38.1 Å². The van der Waals surface area contributed by atoms with Gasteiger partial charge in [0.25, 0.3) is 0 Å². The molecular weight excluding hydrogens is 352 g/mol. The molecule has 0 aliphatic carbocycles. The molecule has 0 amide bonds. The number of nitrogens with zero attached hydrogens (tertiary/aromatic N) is 4. The Balaban J connectivity index is 1.37. The van der Waals surface area contributed by atoms with E-state index in [9.17, 15) is 0 Å². The molecule has 23 heavy (non-hydrogen) atoms. The summed E-state index contributed by atoms with van der Waals surface area (Å²) < 4.78 is 1.10. The SMILES string of the molecule is Cc1nc(N2CCN(C3CC4CCC(C3)N4C)CC2)ccc1Br. The van der Waals surface area contributed by atoms with Crippen molar-refractivity contribution in [3.8, 4) is 0 Å². The van der Waals surface area contributed by atoms with E-state index in [1.807, 2.05) is 0 Å². The molecule has 2 unspecified atom stereocenters. The second kappa shape index (κ2) is 6.34. The van der Waals surface area contributed by atoms with Gasteiger partial charge in [-0.15, -0.1) is 0 Å². The maximum Gasteiger partial charge on any atom is 0.128 e. The monoisotopic (exact) mass is 378 g/mol. The van der Waals surface area contributed by atoms with Crippen LogP contribution in [0, 0.1) is 6.92 Å². The van der Waals surface area contributed by atoms with Crippen LogP contribution in [-0.4, -0.2) is 66.1 Å². The molecular formula is C18H27BrN4. The van der Waals surface area contributed by atoms with Crippen LogP contribution in [0.4, 0.5) is 5.82 Å². The van der Waals surface area contributed by atoms with Gasteiger partial charge in [-0.2, -0.15) is 0 Å². The van der Waals surface area contributed by atoms with Crippen molar-refractivity contribution in [2.24, 2.45) is 0 Å². The zero-order valence-corrected chi connectivity index (χ0v) is 15.8. The maximum atomic E-state index is 4.73. The number of aromatic nitrogens is 1. The molecule has 2 atom stereocenters. The van der Waals surface area contributed by atoms with Crippen LogP contribution in [0.2, 0.25) is 0 Å². The van der Waals surface area contributed by atoms with Crippen LogP contribution < -0.4 is 4.90 Å². The molecule has 0 radical (unpaired) electrons. The minimum absolute atomic E-state index is 0.811. The fourth-order valence-electron chi connectivity index (χ4n) is 4.70. The number of pyridine rings is 1. The summed E-state index contributed by atoms with van der Waals surface area (Å²) in [5, 5.41) is 0. The van der Waals surface area contributed by atoms with Crippen LogP contribution in [0.3, 0.4) is 0 Å². The van der Waals surface area contributed by atoms with E-state index in [4.69, 9.17) is 4.98 Å². The van der Waals surface area contributed by atoms with Crippen LogP contribution in [0.15, 0.2) is 16.6 Å². The normalized spacial score (nSPS) is 32.5. The molecule has 3 saturated heterocycles. The molecule has 3 aliphatic heterocycles. The van der Waals surface area contributed by atoms with Gasteiger partial charge in [-0.25, -0.2) is 4.98 Å². The summed E-state index contributed by atoms with van der Waals surface area (Å²) in [6.07, 6.45) is 5.59. The Kier molecular flexibility index (Phi) is 4.37. The van der Waals surface area contributed by atoms with E-state index in [1.165, 1.54) is 38.8 Å². The Labute approximate surface area is 148 Å². The summed E-state index contributed by atoms with van der Waals surface area (Å²) in [6, 6.07) is 6.76. The third kappa shape index (κ3) is 3.03. The molecule has 4 nitrogen and oxygen atoms in total. The highest BCUT2D eigenvalue weighted by Gasteiger charge is 2.40. The van der Waals surface area contributed by atoms with Gasteiger partial charge in [0.1, 0.15) is 5.82 Å². The van der Waals surface area contributed by atoms with Gasteiger partial charge in [0, 0.05) is 48.8 Å². The molecule has 1 aromatic heterocycles. The van der Waals surface area contributed by atoms with Crippen LogP contribution in [-0.2, 0) is 0 Å². The summed E-state index contributed by atoms with van der Waals surface area (Å²) >= 11 is 3.54. The Morgan fingerprint density at radius 2 is 1.65 bits per heavy atom. The van der Waals surface area contributed by atoms with E-state index in [2.05, 4.69) is 56.7 Å². The molecule has 126 valence electrons. The third-order valence-electron chi connectivity index (χ3n) is 6.23. The Bertz CT molecular complexity index is 556. The lowest BCUT2D eigenvalue weighted by Gasteiger charge is -2.45. The third-order valence-corrected chi connectivity index (χ3v) is 7.07. The molecule has 0 aromatic carbocycles. The zero-order valence-electron chi connectivity index (χ0n) is 14.2. The molecule has 0 N–H and O–H groups in total. The first-order valence-electron chi connectivity index (χ1n) is 8.96. The molecule has 0 spiro atoms. The Morgan fingerprint density at radius 1 is 1.00 bits per heavy atom. The lowest BCUT2D eigenvalue weighted by molar-refractivity contribution is 0.0718. The fraction of sp³-hybridized carbons (Fsp3) is 0.722. The van der Waals surface area contributed by atoms with Crippen LogP contribution in [0.1, 0.15) is 31.4 Å². The van der Waals surface area contributed by atoms with Crippen molar-refractivity contribution in [1.82, 2.24) is 14.8 Å². The number of hydrogen-bond acceptors (Lipinski definition) is 4. The number of aryl methyl sites for hydroxylation is 1. The molecule has 3 aliphatic rings. The van der Waals surface area contributed by atoms with Gasteiger partial charge in [0.05, 0.1) is 5.69 Å². The summed E-state index contributed by atoms with van der Waals surface area (Å²) in [5.41, 5.74) is 1.08. The average Bonchev–Trinajstić information content (AvgIpc) is 2.78. The predicted octanol–water partition coefficient (Wildman–Crippen LogP) is 2.90. The van der Waals surface area contributed by atoms with Crippen molar-refractivity contribution in [3.63, 3.8) is 0 Å². The smallest absolute Gasteiger partial charge is 0.128 e. The minimum atomic E-state index is 0.811. The maximum absolute atomic E-state index is 4.73. The van der Waals surface area contributed by atoms with Crippen molar-refractivity contribution < 1.29 is 0 Å². The molecule has 4 rings (SSSR count). The number of halogens is 1. The number of hydrogen-bond donors (Lipinski definition) is 0. The molecule has 4 heterocycles. The highest BCUT2D eigenvalue weighted by molar-refractivity contribution is 9.10. The highest BCUT2D eigenvalue weighted by Crippen LogP contribution is 2.36. The van der Waals surface area contributed by atoms with Crippen molar-refractivity contribution in [1.29, 1.82) is 0 Å². The molecule has 2 bridgehead atoms. The average molecular weight is 379 g/mol. The zero-order chi connectivity index (χ0) is 16.0. The van der Waals surface area contributed by atoms with Gasteiger partial charge in [-0.05, 0) is 67.7 Å². The summed E-state index contributed by atoms with van der Waals surface area (Å²) in [7, 11) is 2.33. The van der Waals surface area contributed by atoms with Crippen LogP contribution >= 0.6 is 15.9 Å². The Morgan fingerprint density at radius 3 is 2.26 bits per heavy atom. The number of fused-ring (bicyclic) bond motifs is 2. The highest BCUT2D eigenvalue weighted by atomic mass is 79.9. The fourth-order valence-corrected chi connectivity index (χ4v) is 4.92. The van der Waals surface area contributed by atoms with E-state index in [0.29, 0.717) is 0 Å². The second-order valence-corrected chi connectivity index (χ2v) is 8.29. The second-order valence-electron chi connectivity index (χ2n) is 7.44. The number of anilines is 1. The van der Waals surface area contributed by atoms with Gasteiger partial charge < -0.3 is 9.80 Å². The van der Waals surface area contributed by atoms with Gasteiger partial charge in [0.2, 0.25) is 0 Å². The molecule has 3 fully saturated rings. The summed E-state index contributed by atoms with van der Waals surface area (Å²) in [5.74, 6) is 1.13. The lowest BCUT2D eigenvalue weighted by Crippen LogP contribution is -2.55. The minimum Gasteiger partial charge on any atom is -0.354 e. The van der Waals surface area contributed by atoms with Crippen LogP contribution in [0.25, 0.3) is 0 Å². The van der Waals surface area contributed by atoms with E-state index in [-0.39, 0.29) is 0 Å². The van der Waals surface area contributed by atoms with Crippen molar-refractivity contribution >= 4 is 21.7 Å². The number of piperazine rings is 1. The van der Waals surface area contributed by atoms with E-state index in [1.54, 1.807) is 0 Å². The topological polar surface area (TPSA) is 22.6 Å². The van der Waals surface area contributed by atoms with Crippen molar-refractivity contribution in [2.45, 2.75) is 50.7 Å². The first-order valence-corrected chi connectivity index (χ1v) is 9.75. The van der Waals surface area contributed by atoms with E-state index in [0.717, 1.165) is 47.2 Å². The standard InChI is InChI=1S/C18H27BrN4/c1-13-17(19)5-6-18(20-13)23-9-7-22(8-10-23)16-11-14-3-4-15(12-16)21(14)2/h5-6,14-16H,3-4,7-12H2,1-2H3. The summed E-state index contributed by atoms with van der Waals surface area (Å²) in [4.78, 5) is 12.6. The van der Waals surface area contributed by atoms with E-state index < -0.39 is 0 Å². The number of piperidine rings is 1. The Hall–Kier alpha value is -0.650.